The van der Waals surface area contributed by atoms with E-state index in [9.17, 15) is 0 Å². The van der Waals surface area contributed by atoms with Gasteiger partial charge in [0.2, 0.25) is 0 Å². The Kier molecular flexibility index (Phi) is 3.50. The molecule has 1 aromatic rings. The maximum atomic E-state index is 6.00. The van der Waals surface area contributed by atoms with Gasteiger partial charge >= 0.3 is 86.5 Å². The molecule has 0 saturated carbocycles. The number of rotatable bonds is 1. The van der Waals surface area contributed by atoms with Gasteiger partial charge in [-0.1, -0.05) is 0 Å². The van der Waals surface area contributed by atoms with E-state index in [1.807, 2.05) is 0 Å². The van der Waals surface area contributed by atoms with Crippen molar-refractivity contribution in [3.63, 3.8) is 0 Å². The molecular formula is C9H11Cl2Ge. The Morgan fingerprint density at radius 1 is 1.00 bits per heavy atom. The average molecular weight is 263 g/mol. The quantitative estimate of drug-likeness (QED) is 0.683. The van der Waals surface area contributed by atoms with Crippen LogP contribution in [0.25, 0.3) is 0 Å². The minimum absolute atomic E-state index is 1.21. The molecule has 0 spiro atoms. The summed E-state index contributed by atoms with van der Waals surface area (Å²) in [6, 6.07) is 4.28. The second-order valence-electron chi connectivity index (χ2n) is 3.03. The fraction of sp³-hybridized carbons (Fsp3) is 0.333. The van der Waals surface area contributed by atoms with Crippen molar-refractivity contribution < 1.29 is 0 Å². The summed E-state index contributed by atoms with van der Waals surface area (Å²) in [6.07, 6.45) is 0. The van der Waals surface area contributed by atoms with Gasteiger partial charge in [0.05, 0.1) is 0 Å². The van der Waals surface area contributed by atoms with Crippen LogP contribution in [0.15, 0.2) is 12.1 Å². The predicted octanol–water partition coefficient (Wildman–Crippen LogP) is 2.78. The molecule has 0 bridgehead atoms. The molecule has 0 atom stereocenters. The summed E-state index contributed by atoms with van der Waals surface area (Å²) in [5, 5.41) is 0. The van der Waals surface area contributed by atoms with E-state index in [0.717, 1.165) is 0 Å². The first-order valence-electron chi connectivity index (χ1n) is 3.78. The molecule has 1 radical (unpaired) electrons. The first-order valence-corrected chi connectivity index (χ1v) is 10.3. The van der Waals surface area contributed by atoms with Gasteiger partial charge in [0.25, 0.3) is 0 Å². The molecule has 0 aromatic heterocycles. The van der Waals surface area contributed by atoms with Crippen LogP contribution in [0.3, 0.4) is 0 Å². The van der Waals surface area contributed by atoms with Gasteiger partial charge < -0.3 is 0 Å². The van der Waals surface area contributed by atoms with Crippen molar-refractivity contribution in [2.45, 2.75) is 20.8 Å². The van der Waals surface area contributed by atoms with Crippen LogP contribution in [-0.2, 0) is 0 Å². The van der Waals surface area contributed by atoms with E-state index in [4.69, 9.17) is 20.0 Å². The molecule has 0 aliphatic carbocycles. The van der Waals surface area contributed by atoms with Gasteiger partial charge in [0.1, 0.15) is 0 Å². The van der Waals surface area contributed by atoms with Crippen LogP contribution in [0, 0.1) is 20.8 Å². The molecular weight excluding hydrogens is 252 g/mol. The van der Waals surface area contributed by atoms with Gasteiger partial charge in [-0.2, -0.15) is 0 Å². The Hall–Kier alpha value is 0.343. The summed E-state index contributed by atoms with van der Waals surface area (Å²) in [6.45, 7) is 6.24. The first-order chi connectivity index (χ1) is 5.52. The van der Waals surface area contributed by atoms with Crippen molar-refractivity contribution in [3.05, 3.63) is 28.8 Å². The fourth-order valence-corrected chi connectivity index (χ4v) is 6.13. The number of hydrogen-bond donors (Lipinski definition) is 0. The molecule has 1 rings (SSSR count). The molecule has 3 heteroatoms. The third-order valence-corrected chi connectivity index (χ3v) is 6.28. The van der Waals surface area contributed by atoms with Gasteiger partial charge in [0.15, 0.2) is 0 Å². The van der Waals surface area contributed by atoms with Gasteiger partial charge in [-0.15, -0.1) is 0 Å². The molecule has 0 nitrogen and oxygen atoms in total. The topological polar surface area (TPSA) is 0 Å². The predicted molar refractivity (Wildman–Crippen MR) is 57.7 cm³/mol. The van der Waals surface area contributed by atoms with Crippen molar-refractivity contribution in [2.75, 3.05) is 0 Å². The van der Waals surface area contributed by atoms with Gasteiger partial charge in [-0.25, -0.2) is 0 Å². The van der Waals surface area contributed by atoms with Crippen molar-refractivity contribution >= 4 is 36.9 Å². The number of halogens is 2. The van der Waals surface area contributed by atoms with Crippen molar-refractivity contribution in [2.24, 2.45) is 0 Å². The summed E-state index contributed by atoms with van der Waals surface area (Å²) in [7, 11) is 12.0. The van der Waals surface area contributed by atoms with Crippen molar-refractivity contribution in [1.29, 1.82) is 0 Å². The SMILES string of the molecule is Cc1cc(C)[c]([Ge]([Cl])[Cl])c(C)c1. The second kappa shape index (κ2) is 4.03. The van der Waals surface area contributed by atoms with Gasteiger partial charge in [0, 0.05) is 0 Å². The maximum absolute atomic E-state index is 6.00. The van der Waals surface area contributed by atoms with Crippen LogP contribution in [0.4, 0.5) is 0 Å². The zero-order valence-corrected chi connectivity index (χ0v) is 11.0. The van der Waals surface area contributed by atoms with Crippen molar-refractivity contribution in [1.82, 2.24) is 0 Å². The number of benzene rings is 1. The first kappa shape index (κ1) is 10.4. The molecule has 0 fully saturated rings. The van der Waals surface area contributed by atoms with E-state index in [1.54, 1.807) is 0 Å². The third kappa shape index (κ3) is 2.18. The fourth-order valence-electron chi connectivity index (χ4n) is 1.48. The average Bonchev–Trinajstić information content (AvgIpc) is 1.82. The molecule has 1 aromatic carbocycles. The van der Waals surface area contributed by atoms with Crippen LogP contribution in [-0.4, -0.2) is 12.5 Å². The Balaban J connectivity index is 3.28. The Bertz CT molecular complexity index is 272. The summed E-state index contributed by atoms with van der Waals surface area (Å²) >= 11 is -1.94. The van der Waals surface area contributed by atoms with Crippen LogP contribution in [0.5, 0.6) is 0 Å². The molecule has 0 aliphatic heterocycles. The van der Waals surface area contributed by atoms with E-state index < -0.39 is 12.5 Å². The van der Waals surface area contributed by atoms with E-state index in [-0.39, 0.29) is 0 Å². The van der Waals surface area contributed by atoms with Crippen molar-refractivity contribution in [3.8, 4) is 0 Å². The van der Waals surface area contributed by atoms with Crippen LogP contribution in [0.1, 0.15) is 16.7 Å². The summed E-state index contributed by atoms with van der Waals surface area (Å²) in [5.41, 5.74) is 3.77. The second-order valence-corrected chi connectivity index (χ2v) is 10.1. The van der Waals surface area contributed by atoms with E-state index >= 15 is 0 Å². The van der Waals surface area contributed by atoms with Gasteiger partial charge in [-0.05, 0) is 0 Å². The molecule has 0 amide bonds. The standard InChI is InChI=1S/C9H11Cl2Ge/c1-6-4-7(2)9(12(10)11)8(3)5-6/h4-5H,1-3H3. The summed E-state index contributed by atoms with van der Waals surface area (Å²) in [4.78, 5) is 0. The molecule has 65 valence electrons. The molecule has 0 aliphatic rings. The zero-order valence-electron chi connectivity index (χ0n) is 7.41. The minimum atomic E-state index is -1.94. The third-order valence-electron chi connectivity index (χ3n) is 1.87. The Morgan fingerprint density at radius 2 is 1.42 bits per heavy atom. The van der Waals surface area contributed by atoms with E-state index in [0.29, 0.717) is 0 Å². The Morgan fingerprint density at radius 3 is 1.75 bits per heavy atom. The van der Waals surface area contributed by atoms with Crippen LogP contribution in [0.2, 0.25) is 0 Å². The van der Waals surface area contributed by atoms with E-state index in [2.05, 4.69) is 32.9 Å². The molecule has 0 unspecified atom stereocenters. The zero-order chi connectivity index (χ0) is 9.30. The monoisotopic (exact) mass is 263 g/mol. The number of aryl methyl sites for hydroxylation is 3. The Labute approximate surface area is 86.4 Å². The van der Waals surface area contributed by atoms with Gasteiger partial charge in [-0.3, -0.25) is 0 Å². The molecule has 0 heterocycles. The van der Waals surface area contributed by atoms with Crippen LogP contribution < -0.4 is 4.40 Å². The molecule has 0 N–H and O–H groups in total. The summed E-state index contributed by atoms with van der Waals surface area (Å²) < 4.78 is 1.21. The number of hydrogen-bond acceptors (Lipinski definition) is 0. The molecule has 0 saturated heterocycles. The summed E-state index contributed by atoms with van der Waals surface area (Å²) in [5.74, 6) is 0. The van der Waals surface area contributed by atoms with E-state index in [1.165, 1.54) is 21.1 Å². The normalized spacial score (nSPS) is 10.8. The van der Waals surface area contributed by atoms with Crippen LogP contribution >= 0.6 is 20.0 Å². The molecule has 12 heavy (non-hydrogen) atoms.